The van der Waals surface area contributed by atoms with Crippen molar-refractivity contribution in [1.82, 2.24) is 19.3 Å². The van der Waals surface area contributed by atoms with Gasteiger partial charge in [0.2, 0.25) is 0 Å². The third kappa shape index (κ3) is 4.51. The Bertz CT molecular complexity index is 1490. The van der Waals surface area contributed by atoms with E-state index in [4.69, 9.17) is 14.7 Å². The molecule has 0 saturated heterocycles. The molecular weight excluding hydrogens is 471 g/mol. The van der Waals surface area contributed by atoms with E-state index in [1.54, 1.807) is 28.9 Å². The Hall–Kier alpha value is -3.93. The van der Waals surface area contributed by atoms with Gasteiger partial charge in [0.25, 0.3) is 0 Å². The smallest absolute Gasteiger partial charge is 0.408 e. The molecule has 1 atom stereocenters. The molecule has 5 aromatic rings. The van der Waals surface area contributed by atoms with Gasteiger partial charge in [-0.05, 0) is 30.5 Å². The molecule has 182 valence electrons. The van der Waals surface area contributed by atoms with Crippen LogP contribution in [0.3, 0.4) is 0 Å². The van der Waals surface area contributed by atoms with E-state index in [2.05, 4.69) is 13.8 Å². The summed E-state index contributed by atoms with van der Waals surface area (Å²) in [6, 6.07) is 27.7. The Morgan fingerprint density at radius 1 is 0.806 bits per heavy atom. The highest BCUT2D eigenvalue weighted by molar-refractivity contribution is 7.51. The average Bonchev–Trinajstić information content (AvgIpc) is 3.52. The standard InChI is InChI=1S/C28H27N4O3P/c1-3-21-20-31(29-25(21)4-2)28-26(22-14-8-5-9-15-22)30-32(27(28)23-16-10-6-11-17-23)36(33,34)35-24-18-12-7-13-19-24/h5-20H,3-4H2,1-2H3,(H,33,34). The third-order valence-electron chi connectivity index (χ3n) is 5.97. The molecule has 7 nitrogen and oxygen atoms in total. The summed E-state index contributed by atoms with van der Waals surface area (Å²) in [6.07, 6.45) is 3.59. The maximum absolute atomic E-state index is 13.8. The van der Waals surface area contributed by atoms with Crippen LogP contribution in [0.1, 0.15) is 25.1 Å². The van der Waals surface area contributed by atoms with E-state index in [0.717, 1.165) is 39.7 Å². The molecule has 0 fully saturated rings. The second-order valence-corrected chi connectivity index (χ2v) is 9.86. The van der Waals surface area contributed by atoms with E-state index in [1.165, 1.54) is 0 Å². The van der Waals surface area contributed by atoms with Crippen LogP contribution in [0.5, 0.6) is 5.75 Å². The van der Waals surface area contributed by atoms with Crippen LogP contribution in [0.2, 0.25) is 0 Å². The van der Waals surface area contributed by atoms with Gasteiger partial charge in [-0.25, -0.2) is 9.25 Å². The second-order valence-electron chi connectivity index (χ2n) is 8.31. The Balaban J connectivity index is 1.82. The Kier molecular flexibility index (Phi) is 6.59. The highest BCUT2D eigenvalue weighted by Gasteiger charge is 2.34. The summed E-state index contributed by atoms with van der Waals surface area (Å²) in [5.74, 6) is 0.279. The summed E-state index contributed by atoms with van der Waals surface area (Å²) in [6.45, 7) is 4.16. The number of aromatic nitrogens is 4. The molecule has 0 saturated carbocycles. The molecule has 36 heavy (non-hydrogen) atoms. The zero-order chi connectivity index (χ0) is 25.1. The van der Waals surface area contributed by atoms with E-state index >= 15 is 0 Å². The molecule has 3 aromatic carbocycles. The molecule has 1 unspecified atom stereocenters. The maximum Gasteiger partial charge on any atom is 0.506 e. The van der Waals surface area contributed by atoms with Gasteiger partial charge in [-0.2, -0.15) is 14.6 Å². The lowest BCUT2D eigenvalue weighted by Gasteiger charge is -2.16. The molecule has 0 bridgehead atoms. The molecular formula is C28H27N4O3P. The first-order valence-corrected chi connectivity index (χ1v) is 13.4. The molecule has 2 aromatic heterocycles. The Morgan fingerprint density at radius 2 is 1.39 bits per heavy atom. The van der Waals surface area contributed by atoms with Crippen LogP contribution < -0.4 is 4.52 Å². The van der Waals surface area contributed by atoms with Crippen LogP contribution >= 0.6 is 7.75 Å². The van der Waals surface area contributed by atoms with Gasteiger partial charge in [-0.3, -0.25) is 4.89 Å². The summed E-state index contributed by atoms with van der Waals surface area (Å²) in [4.78, 5) is 11.3. The zero-order valence-corrected chi connectivity index (χ0v) is 21.0. The van der Waals surface area contributed by atoms with Crippen molar-refractivity contribution in [3.05, 3.63) is 108 Å². The fraction of sp³-hybridized carbons (Fsp3) is 0.143. The van der Waals surface area contributed by atoms with E-state index in [9.17, 15) is 9.46 Å². The molecule has 5 rings (SSSR count). The first-order valence-electron chi connectivity index (χ1n) is 11.9. The van der Waals surface area contributed by atoms with Gasteiger partial charge in [0.1, 0.15) is 22.8 Å². The molecule has 0 aliphatic rings. The van der Waals surface area contributed by atoms with Gasteiger partial charge in [0.05, 0.1) is 5.69 Å². The van der Waals surface area contributed by atoms with E-state index in [-0.39, 0.29) is 5.75 Å². The minimum absolute atomic E-state index is 0.279. The SMILES string of the molecule is CCc1cn(-c2c(-c3ccccc3)nn(P(=O)(O)Oc3ccccc3)c2-c2ccccc2)nc1CC. The predicted octanol–water partition coefficient (Wildman–Crippen LogP) is 6.56. The normalized spacial score (nSPS) is 12.9. The molecule has 0 amide bonds. The van der Waals surface area contributed by atoms with Crippen LogP contribution in [-0.4, -0.2) is 24.2 Å². The number of benzene rings is 3. The van der Waals surface area contributed by atoms with Gasteiger partial charge in [-0.1, -0.05) is 92.7 Å². The van der Waals surface area contributed by atoms with Crippen molar-refractivity contribution in [2.75, 3.05) is 0 Å². The van der Waals surface area contributed by atoms with Gasteiger partial charge in [0, 0.05) is 17.3 Å². The molecule has 0 aliphatic carbocycles. The van der Waals surface area contributed by atoms with Crippen molar-refractivity contribution in [3.63, 3.8) is 0 Å². The maximum atomic E-state index is 13.8. The highest BCUT2D eigenvalue weighted by Crippen LogP contribution is 2.50. The predicted molar refractivity (Wildman–Crippen MR) is 141 cm³/mol. The van der Waals surface area contributed by atoms with Crippen molar-refractivity contribution in [2.45, 2.75) is 26.7 Å². The van der Waals surface area contributed by atoms with Gasteiger partial charge in [0.15, 0.2) is 0 Å². The van der Waals surface area contributed by atoms with Crippen LogP contribution in [-0.2, 0) is 17.4 Å². The van der Waals surface area contributed by atoms with Crippen LogP contribution in [0, 0.1) is 0 Å². The highest BCUT2D eigenvalue weighted by atomic mass is 31.2. The van der Waals surface area contributed by atoms with Crippen molar-refractivity contribution in [3.8, 4) is 34.0 Å². The lowest BCUT2D eigenvalue weighted by Crippen LogP contribution is -2.07. The minimum Gasteiger partial charge on any atom is -0.408 e. The van der Waals surface area contributed by atoms with E-state index in [1.807, 2.05) is 72.9 Å². The average molecular weight is 499 g/mol. The second kappa shape index (κ2) is 9.97. The molecule has 1 N–H and O–H groups in total. The molecule has 0 radical (unpaired) electrons. The Labute approximate surface area is 210 Å². The number of para-hydroxylation sites is 1. The van der Waals surface area contributed by atoms with Crippen LogP contribution in [0.4, 0.5) is 0 Å². The lowest BCUT2D eigenvalue weighted by atomic mass is 10.1. The molecule has 2 heterocycles. The summed E-state index contributed by atoms with van der Waals surface area (Å²) in [5, 5.41) is 9.58. The Morgan fingerprint density at radius 3 is 1.94 bits per heavy atom. The molecule has 8 heteroatoms. The summed E-state index contributed by atoms with van der Waals surface area (Å²) in [7, 11) is -4.47. The van der Waals surface area contributed by atoms with Gasteiger partial charge < -0.3 is 4.52 Å². The van der Waals surface area contributed by atoms with Crippen LogP contribution in [0.25, 0.3) is 28.2 Å². The first-order chi connectivity index (χ1) is 17.5. The van der Waals surface area contributed by atoms with Crippen molar-refractivity contribution in [1.29, 1.82) is 0 Å². The first kappa shape index (κ1) is 23.8. The number of aryl methyl sites for hydroxylation is 2. The third-order valence-corrected chi connectivity index (χ3v) is 7.18. The monoisotopic (exact) mass is 498 g/mol. The largest absolute Gasteiger partial charge is 0.506 e. The molecule has 0 aliphatic heterocycles. The van der Waals surface area contributed by atoms with Crippen LogP contribution in [0.15, 0.2) is 97.2 Å². The quantitative estimate of drug-likeness (QED) is 0.245. The molecule has 0 spiro atoms. The zero-order valence-electron chi connectivity index (χ0n) is 20.2. The topological polar surface area (TPSA) is 82.2 Å². The van der Waals surface area contributed by atoms with Crippen molar-refractivity contribution in [2.24, 2.45) is 0 Å². The van der Waals surface area contributed by atoms with Crippen molar-refractivity contribution < 1.29 is 14.0 Å². The number of rotatable bonds is 8. The summed E-state index contributed by atoms with van der Waals surface area (Å²) in [5.41, 5.74) is 5.23. The fourth-order valence-electron chi connectivity index (χ4n) is 4.25. The fourth-order valence-corrected chi connectivity index (χ4v) is 5.39. The number of nitrogens with zero attached hydrogens (tertiary/aromatic N) is 4. The lowest BCUT2D eigenvalue weighted by molar-refractivity contribution is 0.363. The summed E-state index contributed by atoms with van der Waals surface area (Å²) >= 11 is 0. The number of hydrogen-bond donors (Lipinski definition) is 1. The van der Waals surface area contributed by atoms with Gasteiger partial charge >= 0.3 is 7.75 Å². The number of hydrogen-bond acceptors (Lipinski definition) is 4. The van der Waals surface area contributed by atoms with Crippen molar-refractivity contribution >= 4 is 7.75 Å². The van der Waals surface area contributed by atoms with E-state index in [0.29, 0.717) is 17.1 Å². The minimum atomic E-state index is -4.47. The summed E-state index contributed by atoms with van der Waals surface area (Å²) < 4.78 is 22.3. The van der Waals surface area contributed by atoms with Gasteiger partial charge in [-0.15, -0.1) is 0 Å². The van der Waals surface area contributed by atoms with E-state index < -0.39 is 7.75 Å².